The van der Waals surface area contributed by atoms with E-state index >= 15 is 0 Å². The van der Waals surface area contributed by atoms with Gasteiger partial charge in [-0.3, -0.25) is 4.68 Å². The molecule has 0 amide bonds. The monoisotopic (exact) mass is 217 g/mol. The van der Waals surface area contributed by atoms with Crippen LogP contribution in [0.2, 0.25) is 0 Å². The Balaban J connectivity index is 2.14. The zero-order valence-corrected chi connectivity index (χ0v) is 9.38. The van der Waals surface area contributed by atoms with E-state index in [1.807, 2.05) is 29.9 Å². The number of aromatic nitrogens is 2. The van der Waals surface area contributed by atoms with E-state index in [0.717, 1.165) is 11.4 Å². The molecule has 0 aliphatic heterocycles. The van der Waals surface area contributed by atoms with Crippen molar-refractivity contribution in [2.45, 2.75) is 13.0 Å². The van der Waals surface area contributed by atoms with E-state index in [1.54, 1.807) is 18.3 Å². The number of phenols is 1. The summed E-state index contributed by atoms with van der Waals surface area (Å²) >= 11 is 0. The third kappa shape index (κ3) is 2.16. The highest BCUT2D eigenvalue weighted by Crippen LogP contribution is 2.21. The molecule has 2 N–H and O–H groups in total. The van der Waals surface area contributed by atoms with Crippen LogP contribution >= 0.6 is 0 Å². The van der Waals surface area contributed by atoms with Gasteiger partial charge in [-0.1, -0.05) is 6.07 Å². The fourth-order valence-corrected chi connectivity index (χ4v) is 1.73. The van der Waals surface area contributed by atoms with Gasteiger partial charge in [-0.2, -0.15) is 5.10 Å². The summed E-state index contributed by atoms with van der Waals surface area (Å²) in [5.74, 6) is 0.266. The maximum Gasteiger partial charge on any atom is 0.117 e. The van der Waals surface area contributed by atoms with Crippen molar-refractivity contribution < 1.29 is 5.11 Å². The Labute approximate surface area is 94.5 Å². The van der Waals surface area contributed by atoms with Crippen molar-refractivity contribution in [3.8, 4) is 5.75 Å². The molecule has 0 fully saturated rings. The van der Waals surface area contributed by atoms with Crippen molar-refractivity contribution in [2.75, 3.05) is 5.32 Å². The van der Waals surface area contributed by atoms with Gasteiger partial charge in [-0.15, -0.1) is 0 Å². The molecule has 0 spiro atoms. The molecule has 84 valence electrons. The number of aromatic hydroxyl groups is 1. The van der Waals surface area contributed by atoms with Crippen LogP contribution < -0.4 is 5.32 Å². The number of hydrogen-bond donors (Lipinski definition) is 2. The number of phenolic OH excluding ortho intramolecular Hbond substituents is 1. The Morgan fingerprint density at radius 3 is 2.81 bits per heavy atom. The predicted octanol–water partition coefficient (Wildman–Crippen LogP) is 2.30. The molecule has 0 aliphatic rings. The molecule has 2 aromatic rings. The zero-order valence-electron chi connectivity index (χ0n) is 9.38. The third-order valence-corrected chi connectivity index (χ3v) is 2.53. The molecule has 0 saturated carbocycles. The Bertz CT molecular complexity index is 479. The topological polar surface area (TPSA) is 50.1 Å². The second-order valence-electron chi connectivity index (χ2n) is 3.80. The maximum absolute atomic E-state index is 9.35. The first-order valence-electron chi connectivity index (χ1n) is 5.20. The van der Waals surface area contributed by atoms with Gasteiger partial charge in [-0.25, -0.2) is 0 Å². The van der Waals surface area contributed by atoms with E-state index in [0.29, 0.717) is 0 Å². The van der Waals surface area contributed by atoms with Gasteiger partial charge in [0.05, 0.1) is 11.7 Å². The van der Waals surface area contributed by atoms with Crippen LogP contribution in [-0.4, -0.2) is 14.9 Å². The first-order valence-corrected chi connectivity index (χ1v) is 5.20. The summed E-state index contributed by atoms with van der Waals surface area (Å²) in [6, 6.07) is 9.21. The highest BCUT2D eigenvalue weighted by molar-refractivity contribution is 5.48. The molecular formula is C12H15N3O. The molecule has 16 heavy (non-hydrogen) atoms. The van der Waals surface area contributed by atoms with Gasteiger partial charge in [0, 0.05) is 25.0 Å². The van der Waals surface area contributed by atoms with Crippen molar-refractivity contribution in [3.05, 3.63) is 42.2 Å². The minimum Gasteiger partial charge on any atom is -0.508 e. The van der Waals surface area contributed by atoms with Gasteiger partial charge in [-0.05, 0) is 25.1 Å². The van der Waals surface area contributed by atoms with E-state index < -0.39 is 0 Å². The lowest BCUT2D eigenvalue weighted by Crippen LogP contribution is -2.11. The van der Waals surface area contributed by atoms with E-state index in [9.17, 15) is 5.11 Å². The molecular weight excluding hydrogens is 202 g/mol. The van der Waals surface area contributed by atoms with Crippen LogP contribution in [0.3, 0.4) is 0 Å². The van der Waals surface area contributed by atoms with E-state index in [2.05, 4.69) is 17.3 Å². The Hall–Kier alpha value is -1.97. The van der Waals surface area contributed by atoms with Crippen LogP contribution in [0.25, 0.3) is 0 Å². The minimum absolute atomic E-state index is 0.147. The molecule has 0 bridgehead atoms. The summed E-state index contributed by atoms with van der Waals surface area (Å²) in [6.45, 7) is 2.06. The number of aryl methyl sites for hydroxylation is 1. The van der Waals surface area contributed by atoms with Crippen LogP contribution in [0.4, 0.5) is 5.69 Å². The van der Waals surface area contributed by atoms with Crippen LogP contribution in [0.5, 0.6) is 5.75 Å². The first-order chi connectivity index (χ1) is 7.66. The third-order valence-electron chi connectivity index (χ3n) is 2.53. The number of nitrogens with one attached hydrogen (secondary N) is 1. The van der Waals surface area contributed by atoms with Gasteiger partial charge in [0.1, 0.15) is 5.75 Å². The van der Waals surface area contributed by atoms with Gasteiger partial charge in [0.2, 0.25) is 0 Å². The maximum atomic E-state index is 9.35. The molecule has 4 nitrogen and oxygen atoms in total. The second kappa shape index (κ2) is 4.26. The number of hydrogen-bond acceptors (Lipinski definition) is 3. The van der Waals surface area contributed by atoms with Crippen molar-refractivity contribution in [1.82, 2.24) is 9.78 Å². The average molecular weight is 217 g/mol. The highest BCUT2D eigenvalue weighted by Gasteiger charge is 2.08. The molecule has 0 radical (unpaired) electrons. The Morgan fingerprint density at radius 2 is 2.19 bits per heavy atom. The lowest BCUT2D eigenvalue weighted by atomic mass is 10.2. The standard InChI is InChI=1S/C12H15N3O/c1-9(12-6-7-13-15(12)2)14-10-4-3-5-11(16)8-10/h3-9,14,16H,1-2H3. The molecule has 2 rings (SSSR count). The normalized spacial score (nSPS) is 12.4. The summed E-state index contributed by atoms with van der Waals surface area (Å²) in [7, 11) is 1.91. The van der Waals surface area contributed by atoms with E-state index in [-0.39, 0.29) is 11.8 Å². The smallest absolute Gasteiger partial charge is 0.117 e. The molecule has 1 atom stereocenters. The number of rotatable bonds is 3. The number of nitrogens with zero attached hydrogens (tertiary/aromatic N) is 2. The highest BCUT2D eigenvalue weighted by atomic mass is 16.3. The summed E-state index contributed by atoms with van der Waals surface area (Å²) in [4.78, 5) is 0. The minimum atomic E-state index is 0.147. The molecule has 1 aromatic carbocycles. The van der Waals surface area contributed by atoms with E-state index in [4.69, 9.17) is 0 Å². The second-order valence-corrected chi connectivity index (χ2v) is 3.80. The molecule has 1 aromatic heterocycles. The van der Waals surface area contributed by atoms with Crippen molar-refractivity contribution in [3.63, 3.8) is 0 Å². The van der Waals surface area contributed by atoms with Gasteiger partial charge in [0.25, 0.3) is 0 Å². The summed E-state index contributed by atoms with van der Waals surface area (Å²) in [5.41, 5.74) is 2.00. The van der Waals surface area contributed by atoms with Crippen LogP contribution in [0.15, 0.2) is 36.5 Å². The fraction of sp³-hybridized carbons (Fsp3) is 0.250. The summed E-state index contributed by atoms with van der Waals surface area (Å²) < 4.78 is 1.83. The molecule has 4 heteroatoms. The van der Waals surface area contributed by atoms with Gasteiger partial charge in [0.15, 0.2) is 0 Å². The van der Waals surface area contributed by atoms with Crippen molar-refractivity contribution >= 4 is 5.69 Å². The average Bonchev–Trinajstić information content (AvgIpc) is 2.64. The summed E-state index contributed by atoms with van der Waals surface area (Å²) in [6.07, 6.45) is 1.77. The summed E-state index contributed by atoms with van der Waals surface area (Å²) in [5, 5.41) is 16.8. The SMILES string of the molecule is CC(Nc1cccc(O)c1)c1ccnn1C. The van der Waals surface area contributed by atoms with Crippen LogP contribution in [-0.2, 0) is 7.05 Å². The molecule has 0 saturated heterocycles. The molecule has 1 heterocycles. The fourth-order valence-electron chi connectivity index (χ4n) is 1.73. The largest absolute Gasteiger partial charge is 0.508 e. The Morgan fingerprint density at radius 1 is 1.38 bits per heavy atom. The predicted molar refractivity (Wildman–Crippen MR) is 63.4 cm³/mol. The lowest BCUT2D eigenvalue weighted by Gasteiger charge is -2.15. The van der Waals surface area contributed by atoms with Gasteiger partial charge >= 0.3 is 0 Å². The van der Waals surface area contributed by atoms with E-state index in [1.165, 1.54) is 0 Å². The zero-order chi connectivity index (χ0) is 11.5. The lowest BCUT2D eigenvalue weighted by molar-refractivity contribution is 0.475. The quantitative estimate of drug-likeness (QED) is 0.829. The Kier molecular flexibility index (Phi) is 2.81. The first kappa shape index (κ1) is 10.5. The van der Waals surface area contributed by atoms with Crippen molar-refractivity contribution in [1.29, 1.82) is 0 Å². The van der Waals surface area contributed by atoms with Gasteiger partial charge < -0.3 is 10.4 Å². The number of anilines is 1. The molecule has 0 aliphatic carbocycles. The molecule has 1 unspecified atom stereocenters. The number of benzene rings is 1. The van der Waals surface area contributed by atoms with Crippen LogP contribution in [0, 0.1) is 0 Å². The van der Waals surface area contributed by atoms with Crippen molar-refractivity contribution in [2.24, 2.45) is 7.05 Å². The van der Waals surface area contributed by atoms with Crippen LogP contribution in [0.1, 0.15) is 18.7 Å².